The number of benzene rings is 1. The summed E-state index contributed by atoms with van der Waals surface area (Å²) in [6.07, 6.45) is 0.190. The Morgan fingerprint density at radius 1 is 1.23 bits per heavy atom. The summed E-state index contributed by atoms with van der Waals surface area (Å²) in [6, 6.07) is 5.56. The first kappa shape index (κ1) is 19.2. The highest BCUT2D eigenvalue weighted by Crippen LogP contribution is 2.18. The van der Waals surface area contributed by atoms with Crippen LogP contribution < -0.4 is 10.6 Å². The quantitative estimate of drug-likeness (QED) is 0.496. The van der Waals surface area contributed by atoms with Crippen molar-refractivity contribution in [3.05, 3.63) is 31.8 Å². The van der Waals surface area contributed by atoms with E-state index in [9.17, 15) is 9.59 Å². The fraction of sp³-hybridized carbons (Fsp3) is 0.467. The van der Waals surface area contributed by atoms with E-state index in [-0.39, 0.29) is 5.91 Å². The van der Waals surface area contributed by atoms with Gasteiger partial charge in [-0.2, -0.15) is 0 Å². The predicted octanol–water partition coefficient (Wildman–Crippen LogP) is 3.70. The molecule has 1 aromatic carbocycles. The minimum absolute atomic E-state index is 0.122. The van der Waals surface area contributed by atoms with Crippen molar-refractivity contribution >= 4 is 50.5 Å². The second-order valence-corrected chi connectivity index (χ2v) is 7.74. The average Bonchev–Trinajstić information content (AvgIpc) is 2.38. The summed E-state index contributed by atoms with van der Waals surface area (Å²) in [6.45, 7) is 6.37. The van der Waals surface area contributed by atoms with Crippen molar-refractivity contribution in [1.29, 1.82) is 0 Å². The second kappa shape index (κ2) is 8.71. The fourth-order valence-electron chi connectivity index (χ4n) is 1.56. The van der Waals surface area contributed by atoms with Crippen LogP contribution in [0.3, 0.4) is 0 Å². The molecule has 0 heterocycles. The molecule has 122 valence electrons. The van der Waals surface area contributed by atoms with Gasteiger partial charge in [-0.3, -0.25) is 4.79 Å². The zero-order chi connectivity index (χ0) is 16.8. The minimum atomic E-state index is -0.504. The summed E-state index contributed by atoms with van der Waals surface area (Å²) in [4.78, 5) is 23.5. The molecule has 0 aromatic heterocycles. The number of rotatable bonds is 5. The van der Waals surface area contributed by atoms with Crippen molar-refractivity contribution in [3.63, 3.8) is 0 Å². The van der Waals surface area contributed by atoms with Crippen molar-refractivity contribution in [3.8, 4) is 0 Å². The first-order valence-corrected chi connectivity index (χ1v) is 8.76. The number of amides is 2. The van der Waals surface area contributed by atoms with Gasteiger partial charge < -0.3 is 15.4 Å². The number of alkyl carbamates (subject to hydrolysis) is 1. The Bertz CT molecular complexity index is 544. The molecule has 0 saturated carbocycles. The normalized spacial score (nSPS) is 11.0. The zero-order valence-corrected chi connectivity index (χ0v) is 16.6. The van der Waals surface area contributed by atoms with Gasteiger partial charge >= 0.3 is 6.09 Å². The third-order valence-corrected chi connectivity index (χ3v) is 3.91. The van der Waals surface area contributed by atoms with Crippen LogP contribution in [0.25, 0.3) is 0 Å². The van der Waals surface area contributed by atoms with E-state index >= 15 is 0 Å². The van der Waals surface area contributed by atoms with Crippen LogP contribution in [-0.2, 0) is 4.74 Å². The minimum Gasteiger partial charge on any atom is -0.444 e. The molecule has 1 rings (SSSR count). The van der Waals surface area contributed by atoms with Gasteiger partial charge in [0.1, 0.15) is 5.60 Å². The largest absolute Gasteiger partial charge is 0.444 e. The fourth-order valence-corrected chi connectivity index (χ4v) is 2.50. The molecule has 0 bridgehead atoms. The van der Waals surface area contributed by atoms with E-state index in [0.29, 0.717) is 25.1 Å². The van der Waals surface area contributed by atoms with Crippen LogP contribution in [0.5, 0.6) is 0 Å². The molecule has 0 aliphatic heterocycles. The number of carbonyl (C=O) groups excluding carboxylic acids is 2. The highest BCUT2D eigenvalue weighted by molar-refractivity contribution is 14.1. The van der Waals surface area contributed by atoms with E-state index in [1.54, 1.807) is 6.07 Å². The molecule has 5 nitrogen and oxygen atoms in total. The van der Waals surface area contributed by atoms with Crippen LogP contribution in [-0.4, -0.2) is 30.7 Å². The first-order valence-electron chi connectivity index (χ1n) is 6.89. The topological polar surface area (TPSA) is 67.4 Å². The lowest BCUT2D eigenvalue weighted by atomic mass is 10.2. The van der Waals surface area contributed by atoms with E-state index in [1.807, 2.05) is 32.9 Å². The Labute approximate surface area is 152 Å². The van der Waals surface area contributed by atoms with E-state index in [4.69, 9.17) is 4.74 Å². The first-order chi connectivity index (χ1) is 10.2. The lowest BCUT2D eigenvalue weighted by Crippen LogP contribution is -2.34. The van der Waals surface area contributed by atoms with Crippen molar-refractivity contribution in [2.45, 2.75) is 32.8 Å². The summed E-state index contributed by atoms with van der Waals surface area (Å²) >= 11 is 5.48. The number of hydrogen-bond donors (Lipinski definition) is 2. The molecule has 2 amide bonds. The molecule has 0 spiro atoms. The highest BCUT2D eigenvalue weighted by atomic mass is 127. The van der Waals surface area contributed by atoms with Gasteiger partial charge in [0.2, 0.25) is 0 Å². The maximum Gasteiger partial charge on any atom is 0.407 e. The Morgan fingerprint density at radius 3 is 2.50 bits per heavy atom. The molecule has 0 atom stereocenters. The van der Waals surface area contributed by atoms with Gasteiger partial charge in [-0.1, -0.05) is 15.9 Å². The van der Waals surface area contributed by atoms with Crippen LogP contribution in [0.4, 0.5) is 4.79 Å². The van der Waals surface area contributed by atoms with Gasteiger partial charge in [0, 0.05) is 21.1 Å². The number of halogens is 2. The molecular formula is C15H20BrIN2O3. The summed E-state index contributed by atoms with van der Waals surface area (Å²) in [5.41, 5.74) is 0.130. The molecule has 22 heavy (non-hydrogen) atoms. The number of ether oxygens (including phenoxy) is 1. The van der Waals surface area contributed by atoms with E-state index in [0.717, 1.165) is 8.04 Å². The second-order valence-electron chi connectivity index (χ2n) is 5.66. The van der Waals surface area contributed by atoms with Gasteiger partial charge in [0.15, 0.2) is 0 Å². The number of hydrogen-bond acceptors (Lipinski definition) is 3. The molecule has 0 aliphatic rings. The van der Waals surface area contributed by atoms with Gasteiger partial charge in [0.25, 0.3) is 5.91 Å². The Hall–Kier alpha value is -0.830. The van der Waals surface area contributed by atoms with Gasteiger partial charge in [-0.15, -0.1) is 0 Å². The van der Waals surface area contributed by atoms with Crippen molar-refractivity contribution in [2.75, 3.05) is 13.1 Å². The van der Waals surface area contributed by atoms with Crippen LogP contribution in [0.15, 0.2) is 22.7 Å². The Balaban J connectivity index is 2.29. The molecule has 1 aromatic rings. The van der Waals surface area contributed by atoms with Crippen LogP contribution in [0, 0.1) is 3.57 Å². The summed E-state index contributed by atoms with van der Waals surface area (Å²) in [5, 5.41) is 5.48. The number of nitrogens with one attached hydrogen (secondary N) is 2. The standard InChI is InChI=1S/C15H20BrIN2O3/c1-15(2,3)22-14(21)19-8-4-7-18-13(20)11-9-10(16)5-6-12(11)17/h5-6,9H,4,7-8H2,1-3H3,(H,18,20)(H,19,21). The van der Waals surface area contributed by atoms with E-state index in [1.165, 1.54) is 0 Å². The summed E-state index contributed by atoms with van der Waals surface area (Å²) in [7, 11) is 0. The summed E-state index contributed by atoms with van der Waals surface area (Å²) < 4.78 is 6.88. The average molecular weight is 483 g/mol. The number of carbonyl (C=O) groups is 2. The third kappa shape index (κ3) is 7.44. The molecule has 0 fully saturated rings. The monoisotopic (exact) mass is 482 g/mol. The highest BCUT2D eigenvalue weighted by Gasteiger charge is 2.15. The van der Waals surface area contributed by atoms with Crippen LogP contribution in [0.1, 0.15) is 37.6 Å². The zero-order valence-electron chi connectivity index (χ0n) is 12.8. The Kier molecular flexibility index (Phi) is 7.61. The molecule has 0 aliphatic carbocycles. The van der Waals surface area contributed by atoms with E-state index in [2.05, 4.69) is 49.2 Å². The molecule has 0 radical (unpaired) electrons. The van der Waals surface area contributed by atoms with Crippen LogP contribution in [0.2, 0.25) is 0 Å². The van der Waals surface area contributed by atoms with Crippen LogP contribution >= 0.6 is 38.5 Å². The smallest absolute Gasteiger partial charge is 0.407 e. The molecular weight excluding hydrogens is 463 g/mol. The lowest BCUT2D eigenvalue weighted by Gasteiger charge is -2.19. The van der Waals surface area contributed by atoms with Crippen molar-refractivity contribution in [2.24, 2.45) is 0 Å². The molecule has 0 unspecified atom stereocenters. The SMILES string of the molecule is CC(C)(C)OC(=O)NCCCNC(=O)c1cc(Br)ccc1I. The van der Waals surface area contributed by atoms with Crippen molar-refractivity contribution < 1.29 is 14.3 Å². The van der Waals surface area contributed by atoms with Gasteiger partial charge in [0.05, 0.1) is 5.56 Å². The summed E-state index contributed by atoms with van der Waals surface area (Å²) in [5.74, 6) is -0.122. The van der Waals surface area contributed by atoms with Gasteiger partial charge in [-0.05, 0) is 68.0 Å². The maximum absolute atomic E-state index is 12.1. The van der Waals surface area contributed by atoms with Crippen molar-refractivity contribution in [1.82, 2.24) is 10.6 Å². The molecule has 7 heteroatoms. The predicted molar refractivity (Wildman–Crippen MR) is 98.0 cm³/mol. The third-order valence-electron chi connectivity index (χ3n) is 2.48. The Morgan fingerprint density at radius 2 is 1.86 bits per heavy atom. The van der Waals surface area contributed by atoms with Gasteiger partial charge in [-0.25, -0.2) is 4.79 Å². The molecule has 2 N–H and O–H groups in total. The lowest BCUT2D eigenvalue weighted by molar-refractivity contribution is 0.0527. The molecule has 0 saturated heterocycles. The van der Waals surface area contributed by atoms with E-state index < -0.39 is 11.7 Å². The maximum atomic E-state index is 12.1.